The number of ketones is 3. The fraction of sp³-hybridized carbons (Fsp3) is 0.638. The van der Waals surface area contributed by atoms with Crippen molar-refractivity contribution in [2.45, 2.75) is 217 Å². The van der Waals surface area contributed by atoms with Gasteiger partial charge in [-0.3, -0.25) is 48.5 Å². The fourth-order valence-electron chi connectivity index (χ4n) is 5.82. The Labute approximate surface area is 664 Å². The number of hydroxylamine groups is 5. The average Bonchev–Trinajstić information content (AvgIpc) is 0.844. The summed E-state index contributed by atoms with van der Waals surface area (Å²) < 4.78 is 40.6. The molecule has 0 heterocycles. The number of nitrogens with two attached hydrogens (primary N) is 2. The molecule has 0 unspecified atom stereocenters. The summed E-state index contributed by atoms with van der Waals surface area (Å²) in [6, 6.07) is 18.3. The van der Waals surface area contributed by atoms with Gasteiger partial charge in [0.2, 0.25) is 11.8 Å². The molecule has 2 aromatic carbocycles. The van der Waals surface area contributed by atoms with E-state index < -0.39 is 76.6 Å². The Balaban J connectivity index is -0.000000300. The number of benzene rings is 2. The second kappa shape index (κ2) is 68.0. The van der Waals surface area contributed by atoms with Gasteiger partial charge in [0.1, 0.15) is 41.4 Å². The van der Waals surface area contributed by atoms with Crippen LogP contribution in [0.4, 0.5) is 33.6 Å². The molecule has 0 saturated carbocycles. The van der Waals surface area contributed by atoms with Crippen molar-refractivity contribution < 1.29 is 147 Å². The largest absolute Gasteiger partial charge is 0.481 e. The minimum absolute atomic E-state index is 0. The molecule has 0 aliphatic carbocycles. The minimum Gasteiger partial charge on any atom is -0.481 e. The van der Waals surface area contributed by atoms with Crippen molar-refractivity contribution in [3.8, 4) is 0 Å². The molecule has 0 atom stereocenters. The molecule has 2 rings (SSSR count). The van der Waals surface area contributed by atoms with Gasteiger partial charge < -0.3 is 60.5 Å². The van der Waals surface area contributed by atoms with Crippen LogP contribution in [-0.4, -0.2) is 185 Å². The van der Waals surface area contributed by atoms with Crippen LogP contribution < -0.4 is 79.8 Å². The molecule has 0 aliphatic heterocycles. The molecule has 0 bridgehead atoms. The molecule has 40 heteroatoms. The molecule has 0 aliphatic rings. The molecule has 0 spiro atoms. The second-order valence-corrected chi connectivity index (χ2v) is 29.3. The first-order valence-corrected chi connectivity index (χ1v) is 37.9. The summed E-state index contributed by atoms with van der Waals surface area (Å²) in [5, 5.41) is 27.2. The molecule has 37 nitrogen and oxygen atoms in total. The van der Waals surface area contributed by atoms with Crippen molar-refractivity contribution in [1.29, 1.82) is 0 Å². The van der Waals surface area contributed by atoms with Crippen LogP contribution in [0.25, 0.3) is 0 Å². The van der Waals surface area contributed by atoms with Crippen molar-refractivity contribution in [3.05, 3.63) is 71.8 Å². The van der Waals surface area contributed by atoms with Gasteiger partial charge in [-0.25, -0.2) is 34.2 Å². The van der Waals surface area contributed by atoms with Crippen LogP contribution in [0, 0.1) is 0 Å². The fourth-order valence-corrected chi connectivity index (χ4v) is 6.57. The summed E-state index contributed by atoms with van der Waals surface area (Å²) in [6.07, 6.45) is -1.97. The summed E-state index contributed by atoms with van der Waals surface area (Å²) in [7, 11) is 0. The number of amides is 9. The molecule has 0 aromatic heterocycles. The van der Waals surface area contributed by atoms with E-state index in [9.17, 15) is 62.3 Å². The van der Waals surface area contributed by atoms with E-state index in [1.807, 2.05) is 67.6 Å². The topological polar surface area (TPSA) is 524 Å². The summed E-state index contributed by atoms with van der Waals surface area (Å²) >= 11 is 3.08. The third-order valence-corrected chi connectivity index (χ3v) is 12.3. The van der Waals surface area contributed by atoms with Crippen molar-refractivity contribution in [2.75, 3.05) is 68.9 Å². The first-order valence-electron chi connectivity index (χ1n) is 34.0. The summed E-state index contributed by atoms with van der Waals surface area (Å²) in [5.74, 6) is -2.48. The number of alkyl carbamates (subject to hydrolysis) is 2. The van der Waals surface area contributed by atoms with E-state index in [0.29, 0.717) is 13.2 Å². The van der Waals surface area contributed by atoms with Crippen LogP contribution >= 0.6 is 28.3 Å². The number of aliphatic carboxylic acids is 1. The van der Waals surface area contributed by atoms with Gasteiger partial charge in [0.05, 0.1) is 45.9 Å². The molecule has 630 valence electrons. The van der Waals surface area contributed by atoms with Gasteiger partial charge in [-0.1, -0.05) is 90.4 Å². The third-order valence-electron chi connectivity index (χ3n) is 10.1. The Morgan fingerprint density at radius 1 is 0.431 bits per heavy atom. The summed E-state index contributed by atoms with van der Waals surface area (Å²) in [5.41, 5.74) is 14.0. The van der Waals surface area contributed by atoms with E-state index in [2.05, 4.69) is 70.8 Å². The molecule has 0 saturated heterocycles. The summed E-state index contributed by atoms with van der Waals surface area (Å²) in [6.45, 7) is 31.6. The quantitative estimate of drug-likeness (QED) is 0.00736. The van der Waals surface area contributed by atoms with Crippen molar-refractivity contribution in [3.63, 3.8) is 0 Å². The zero-order valence-corrected chi connectivity index (χ0v) is 70.4. The van der Waals surface area contributed by atoms with Crippen LogP contribution in [0.3, 0.4) is 0 Å². The van der Waals surface area contributed by atoms with Crippen LogP contribution in [0.5, 0.6) is 0 Å². The number of rotatable bonds is 35. The number of alkyl halides is 2. The molecule has 0 radical (unpaired) electrons. The number of carbonyl (C=O) groups is 13. The van der Waals surface area contributed by atoms with Gasteiger partial charge in [0.25, 0.3) is 0 Å². The van der Waals surface area contributed by atoms with Gasteiger partial charge in [-0.2, -0.15) is 16.4 Å². The molecule has 109 heavy (non-hydrogen) atoms. The predicted octanol–water partition coefficient (Wildman–Crippen LogP) is 5.81. The van der Waals surface area contributed by atoms with E-state index in [1.165, 1.54) is 11.9 Å². The summed E-state index contributed by atoms with van der Waals surface area (Å²) in [4.78, 5) is 164. The average molecular weight is 1760 g/mol. The van der Waals surface area contributed by atoms with Crippen LogP contribution in [-0.2, 0) is 94.5 Å². The normalized spacial score (nSPS) is 10.4. The minimum atomic E-state index is -1.04. The number of ether oxygens (including phenoxy) is 7. The third kappa shape index (κ3) is 94.1. The first-order chi connectivity index (χ1) is 50.2. The van der Waals surface area contributed by atoms with Crippen molar-refractivity contribution >= 4 is 106 Å². The number of hydrogen-bond acceptors (Lipinski definition) is 27. The number of hydrogen-bond donors (Lipinski definition) is 13. The SMILES string of the molecule is CC(C)(C)OC(=O)NO.CC(C)(C)OC(=O)NOCCC[I-]N.CC(C)(C)OC(=O)NOCCNC(=O)CCC(=O)CN.CC(C)(C)OC(=O)NOCCNC(=O)CCC(=O)CNC(=O)OCc1ccccc1.CCCBr.CCCONC(=O)OC(C)(C)C.Cl.O=C(O)CCC(=O)CNC(=O)OCc1ccccc1. The molecule has 9 amide bonds. The van der Waals surface area contributed by atoms with Gasteiger partial charge in [-0.15, -0.1) is 12.4 Å². The maximum Gasteiger partial charge on any atom is 0.431 e. The molecule has 2 aromatic rings. The van der Waals surface area contributed by atoms with Gasteiger partial charge >= 0.3 is 138 Å². The zero-order valence-electron chi connectivity index (χ0n) is 65.8. The Bertz CT molecular complexity index is 2850. The monoisotopic (exact) mass is 1760 g/mol. The maximum absolute atomic E-state index is 11.8. The Kier molecular flexibility index (Phi) is 69.8. The first kappa shape index (κ1) is 112. The number of carboxylic acid groups (broad SMARTS) is 1. The number of halogens is 3. The zero-order chi connectivity index (χ0) is 83.6. The number of nitrogens with one attached hydrogen (secondary N) is 9. The van der Waals surface area contributed by atoms with E-state index in [4.69, 9.17) is 67.8 Å². The smallest absolute Gasteiger partial charge is 0.431 e. The predicted molar refractivity (Wildman–Crippen MR) is 402 cm³/mol. The van der Waals surface area contributed by atoms with Crippen LogP contribution in [0.1, 0.15) is 187 Å². The molecule has 0 fully saturated rings. The molecular formula is C69H121BrClIN11O26-. The number of carbonyl (C=O) groups excluding carboxylic acids is 12. The van der Waals surface area contributed by atoms with E-state index >= 15 is 0 Å². The van der Waals surface area contributed by atoms with E-state index in [-0.39, 0.29) is 161 Å². The van der Waals surface area contributed by atoms with Gasteiger partial charge in [-0.05, 0) is 107 Å². The molecule has 15 N–H and O–H groups in total. The van der Waals surface area contributed by atoms with Gasteiger partial charge in [0, 0.05) is 50.5 Å². The van der Waals surface area contributed by atoms with Crippen molar-refractivity contribution in [1.82, 2.24) is 48.7 Å². The second-order valence-electron chi connectivity index (χ2n) is 26.6. The van der Waals surface area contributed by atoms with Crippen LogP contribution in [0.2, 0.25) is 0 Å². The standard InChI is InChI=1S/C20H29N3O7.C13H15NO5.C12H23N3O5.C8H18IN2O3.C8H17NO3.C5H11NO3.C3H7Br.ClH/c1-20(2,3)30-19(27)23-29-12-11-21-17(25)10-9-16(24)13-22-18(26)28-14-15-7-5-4-6-8-15;15-11(6-7-12(16)17)8-14-13(18)19-9-10-4-2-1-3-5-10;1-12(2,3)20-11(18)15-19-7-6-14-10(17)5-4-9(16)8-13;1-8(2,3)14-7(12)11-13-6-4-5-9-10;1-5-6-11-9-7(10)12-8(2,3)4;1-5(2,3)9-4(7)6-8;1-2-3-4;/h4-8H,9-14H2,1-3H3,(H,21,25)(H,22,26)(H,23,27);1-5H,6-9H2,(H,14,18)(H,16,17);4-8,13H2,1-3H3,(H,14,17)(H,15,18);4-6,10H2,1-3H3,(H,11,12);5-6H2,1-4H3,(H,9,10);8H,1-3H3,(H,6,7);2-3H2,1H3;1H/q;;;-1;;;;. The Hall–Kier alpha value is -8.03. The van der Waals surface area contributed by atoms with Crippen molar-refractivity contribution in [2.24, 2.45) is 9.68 Å². The number of Topliss-reactive ketones (excluding diaryl/α,β-unsaturated/α-hetero) is 3. The van der Waals surface area contributed by atoms with E-state index in [0.717, 1.165) is 33.7 Å². The Morgan fingerprint density at radius 2 is 0.743 bits per heavy atom. The van der Waals surface area contributed by atoms with E-state index in [1.54, 1.807) is 104 Å². The maximum atomic E-state index is 11.8. The Morgan fingerprint density at radius 3 is 1.03 bits per heavy atom. The number of carboxylic acids is 1. The van der Waals surface area contributed by atoms with Gasteiger partial charge in [0.15, 0.2) is 11.6 Å². The van der Waals surface area contributed by atoms with Crippen LogP contribution in [0.15, 0.2) is 60.7 Å². The molecular weight excluding hydrogens is 1640 g/mol.